The predicted octanol–water partition coefficient (Wildman–Crippen LogP) is 5.79. The molecule has 0 atom stereocenters. The second kappa shape index (κ2) is 17.9. The van der Waals surface area contributed by atoms with Gasteiger partial charge in [-0.3, -0.25) is 48.3 Å². The predicted molar refractivity (Wildman–Crippen MR) is 221 cm³/mol. The Morgan fingerprint density at radius 1 is 0.639 bits per heavy atom. The number of aromatic amines is 1. The average molecular weight is 898 g/mol. The van der Waals surface area contributed by atoms with Crippen LogP contribution in [0.1, 0.15) is 99.2 Å². The minimum Gasteiger partial charge on any atom is -0.338 e. The highest BCUT2D eigenvalue weighted by molar-refractivity contribution is 9.09. The fraction of sp³-hybridized carbons (Fsp3) is 0.364. The minimum absolute atomic E-state index is 0.0197. The lowest BCUT2D eigenvalue weighted by Gasteiger charge is -2.26. The van der Waals surface area contributed by atoms with Crippen LogP contribution in [0, 0.1) is 11.8 Å². The highest BCUT2D eigenvalue weighted by atomic mass is 79.9. The number of hydrogen-bond acceptors (Lipinski definition) is 8. The standard InChI is InChI=1S/C22H21FN4O3.C12H9BrFNO2.C10H13N3O/c23-9-15(12-27-21(29)16-3-1-2-4-17(16)22(27)30)11-26-13-18-19(24-26)7-8-25(20(18)28)10-14-5-6-14;13-5-8(6-14)7-15-11(16)9-3-1-2-4-10(9)12(15)17;14-10-8-5-11-12-9(8)3-4-13(10)6-7-1-2-7/h1-4,9,13-14H,5-8,10-12H2;1-4,6H,5,7H2;5,7H,1-4,6H2,(H,11,12)/b15-9-;8-6-;. The van der Waals surface area contributed by atoms with Gasteiger partial charge in [-0.05, 0) is 72.9 Å². The van der Waals surface area contributed by atoms with E-state index in [0.29, 0.717) is 70.6 Å². The Hall–Kier alpha value is -6.10. The molecule has 0 unspecified atom stereocenters. The number of carbonyl (C=O) groups is 6. The van der Waals surface area contributed by atoms with Gasteiger partial charge in [0.05, 0.1) is 77.6 Å². The summed E-state index contributed by atoms with van der Waals surface area (Å²) in [6.45, 7) is 3.13. The fourth-order valence-electron chi connectivity index (χ4n) is 7.80. The summed E-state index contributed by atoms with van der Waals surface area (Å²) >= 11 is 3.10. The highest BCUT2D eigenvalue weighted by Gasteiger charge is 2.37. The molecule has 316 valence electrons. The van der Waals surface area contributed by atoms with E-state index in [1.165, 1.54) is 30.4 Å². The molecular formula is C44H43BrF2N8O6. The van der Waals surface area contributed by atoms with Gasteiger partial charge in [0.25, 0.3) is 35.4 Å². The van der Waals surface area contributed by atoms with Crippen molar-refractivity contribution in [1.29, 1.82) is 0 Å². The molecule has 6 amide bonds. The lowest BCUT2D eigenvalue weighted by Crippen LogP contribution is -2.38. The van der Waals surface area contributed by atoms with E-state index >= 15 is 0 Å². The molecule has 2 aromatic heterocycles. The number of amides is 6. The van der Waals surface area contributed by atoms with Crippen molar-refractivity contribution in [2.75, 3.05) is 44.6 Å². The number of hydrogen-bond donors (Lipinski definition) is 1. The third-order valence-electron chi connectivity index (χ3n) is 11.5. The molecule has 0 radical (unpaired) electrons. The van der Waals surface area contributed by atoms with Gasteiger partial charge in [0, 0.05) is 56.2 Å². The number of nitrogens with zero attached hydrogens (tertiary/aromatic N) is 7. The van der Waals surface area contributed by atoms with Crippen molar-refractivity contribution in [3.63, 3.8) is 0 Å². The van der Waals surface area contributed by atoms with Crippen molar-refractivity contribution in [2.24, 2.45) is 11.8 Å². The van der Waals surface area contributed by atoms with E-state index in [0.717, 1.165) is 53.0 Å². The van der Waals surface area contributed by atoms with Crippen LogP contribution in [0.2, 0.25) is 0 Å². The Balaban J connectivity index is 0.000000139. The topological polar surface area (TPSA) is 162 Å². The van der Waals surface area contributed by atoms with Gasteiger partial charge in [0.15, 0.2) is 0 Å². The summed E-state index contributed by atoms with van der Waals surface area (Å²) in [7, 11) is 0. The van der Waals surface area contributed by atoms with Gasteiger partial charge in [-0.25, -0.2) is 8.78 Å². The third kappa shape index (κ3) is 8.88. The molecule has 4 aliphatic heterocycles. The van der Waals surface area contributed by atoms with E-state index in [1.54, 1.807) is 60.9 Å². The average Bonchev–Trinajstić information content (AvgIpc) is 4.15. The molecular weight excluding hydrogens is 854 g/mol. The molecule has 6 heterocycles. The summed E-state index contributed by atoms with van der Waals surface area (Å²) in [5, 5.41) is 11.5. The monoisotopic (exact) mass is 896 g/mol. The van der Waals surface area contributed by atoms with Gasteiger partial charge >= 0.3 is 0 Å². The van der Waals surface area contributed by atoms with E-state index in [2.05, 4.69) is 31.2 Å². The summed E-state index contributed by atoms with van der Waals surface area (Å²) < 4.78 is 27.6. The minimum atomic E-state index is -0.430. The number of aromatic nitrogens is 4. The summed E-state index contributed by atoms with van der Waals surface area (Å²) in [6, 6.07) is 13.2. The number of benzene rings is 2. The van der Waals surface area contributed by atoms with Crippen molar-refractivity contribution in [2.45, 2.75) is 45.1 Å². The maximum absolute atomic E-state index is 13.6. The third-order valence-corrected chi connectivity index (χ3v) is 12.2. The molecule has 2 fully saturated rings. The number of rotatable bonds is 11. The quantitative estimate of drug-likeness (QED) is 0.146. The first-order valence-electron chi connectivity index (χ1n) is 20.3. The van der Waals surface area contributed by atoms with Gasteiger partial charge in [-0.1, -0.05) is 40.2 Å². The van der Waals surface area contributed by atoms with Crippen LogP contribution in [0.5, 0.6) is 0 Å². The first kappa shape index (κ1) is 41.6. The largest absolute Gasteiger partial charge is 0.338 e. The van der Waals surface area contributed by atoms with Gasteiger partial charge in [-0.15, -0.1) is 0 Å². The number of H-pyrrole nitrogens is 1. The van der Waals surface area contributed by atoms with Crippen LogP contribution in [0.25, 0.3) is 0 Å². The molecule has 0 saturated heterocycles. The maximum atomic E-state index is 13.6. The van der Waals surface area contributed by atoms with Crippen molar-refractivity contribution in [3.8, 4) is 0 Å². The van der Waals surface area contributed by atoms with Crippen molar-refractivity contribution in [1.82, 2.24) is 39.6 Å². The van der Waals surface area contributed by atoms with Crippen LogP contribution in [-0.4, -0.2) is 120 Å². The van der Waals surface area contributed by atoms with Gasteiger partial charge in [0.2, 0.25) is 0 Å². The molecule has 0 spiro atoms. The lowest BCUT2D eigenvalue weighted by atomic mass is 10.1. The molecule has 61 heavy (non-hydrogen) atoms. The van der Waals surface area contributed by atoms with Crippen LogP contribution >= 0.6 is 15.9 Å². The smallest absolute Gasteiger partial charge is 0.261 e. The Bertz CT molecular complexity index is 2400. The molecule has 4 aromatic rings. The number of fused-ring (bicyclic) bond motifs is 4. The zero-order chi connectivity index (χ0) is 42.8. The van der Waals surface area contributed by atoms with Crippen molar-refractivity contribution < 1.29 is 37.5 Å². The van der Waals surface area contributed by atoms with Crippen LogP contribution in [0.15, 0.2) is 84.7 Å². The molecule has 17 heteroatoms. The van der Waals surface area contributed by atoms with Crippen molar-refractivity contribution >= 4 is 51.4 Å². The van der Waals surface area contributed by atoms with Crippen LogP contribution < -0.4 is 0 Å². The Kier molecular flexibility index (Phi) is 12.2. The van der Waals surface area contributed by atoms with E-state index in [4.69, 9.17) is 0 Å². The van der Waals surface area contributed by atoms with E-state index in [1.807, 2.05) is 9.80 Å². The van der Waals surface area contributed by atoms with E-state index in [9.17, 15) is 37.5 Å². The molecule has 2 aliphatic carbocycles. The number of halogens is 3. The second-order valence-corrected chi connectivity index (χ2v) is 16.6. The van der Waals surface area contributed by atoms with Crippen LogP contribution in [0.3, 0.4) is 0 Å². The maximum Gasteiger partial charge on any atom is 0.261 e. The van der Waals surface area contributed by atoms with Gasteiger partial charge in [0.1, 0.15) is 0 Å². The zero-order valence-electron chi connectivity index (χ0n) is 33.2. The first-order chi connectivity index (χ1) is 29.6. The van der Waals surface area contributed by atoms with Crippen LogP contribution in [0.4, 0.5) is 8.78 Å². The van der Waals surface area contributed by atoms with E-state index < -0.39 is 11.8 Å². The Labute approximate surface area is 358 Å². The molecule has 10 rings (SSSR count). The van der Waals surface area contributed by atoms with Crippen LogP contribution in [-0.2, 0) is 19.4 Å². The van der Waals surface area contributed by atoms with Crippen molar-refractivity contribution in [3.05, 3.63) is 129 Å². The fourth-order valence-corrected chi connectivity index (χ4v) is 8.10. The summed E-state index contributed by atoms with van der Waals surface area (Å²) in [4.78, 5) is 79.4. The number of carbonyl (C=O) groups excluding carboxylic acids is 6. The molecule has 1 N–H and O–H groups in total. The molecule has 6 aliphatic rings. The summed E-state index contributed by atoms with van der Waals surface area (Å²) in [6.07, 6.45) is 10.7. The van der Waals surface area contributed by atoms with E-state index in [-0.39, 0.29) is 54.2 Å². The normalized spacial score (nSPS) is 18.4. The number of alkyl halides is 1. The Morgan fingerprint density at radius 2 is 1.11 bits per heavy atom. The Morgan fingerprint density at radius 3 is 1.59 bits per heavy atom. The zero-order valence-corrected chi connectivity index (χ0v) is 34.8. The summed E-state index contributed by atoms with van der Waals surface area (Å²) in [5.74, 6) is -0.0795. The number of imide groups is 2. The summed E-state index contributed by atoms with van der Waals surface area (Å²) in [5.41, 5.74) is 5.04. The van der Waals surface area contributed by atoms with Gasteiger partial charge < -0.3 is 9.80 Å². The second-order valence-electron chi connectivity index (χ2n) is 16.0. The first-order valence-corrected chi connectivity index (χ1v) is 21.4. The van der Waals surface area contributed by atoms with Gasteiger partial charge in [-0.2, -0.15) is 10.2 Å². The molecule has 2 saturated carbocycles. The SMILES string of the molecule is O=C1c2ccccc2C(=O)N1C/C(=C\F)CBr.O=C1c2cn(C/C(=C/F)CN3C(=O)c4ccccc4C3=O)nc2CCN1CC1CC1.O=C1c2cn[nH]c2CCN1CC1CC1. The number of nitrogens with one attached hydrogen (secondary N) is 1. The molecule has 0 bridgehead atoms. The lowest BCUT2D eigenvalue weighted by molar-refractivity contribution is 0.0651. The molecule has 2 aromatic carbocycles. The molecule has 14 nitrogen and oxygen atoms in total. The highest BCUT2D eigenvalue weighted by Crippen LogP contribution is 2.33.